The summed E-state index contributed by atoms with van der Waals surface area (Å²) in [4.78, 5) is 26.3. The quantitative estimate of drug-likeness (QED) is 0.620. The zero-order valence-corrected chi connectivity index (χ0v) is 19.0. The van der Waals surface area contributed by atoms with Gasteiger partial charge in [-0.15, -0.1) is 0 Å². The number of hydrogen-bond acceptors (Lipinski definition) is 5. The van der Waals surface area contributed by atoms with E-state index in [0.717, 1.165) is 29.1 Å². The van der Waals surface area contributed by atoms with E-state index in [1.165, 1.54) is 0 Å². The number of allylic oxidation sites excluding steroid dienone is 3. The maximum atomic E-state index is 13.3. The van der Waals surface area contributed by atoms with Crippen LogP contribution < -0.4 is 10.1 Å². The first-order valence-electron chi connectivity index (χ1n) is 11.0. The number of esters is 1. The first-order chi connectivity index (χ1) is 15.3. The van der Waals surface area contributed by atoms with Gasteiger partial charge in [-0.25, -0.2) is 4.79 Å². The number of ketones is 1. The van der Waals surface area contributed by atoms with Gasteiger partial charge in [-0.05, 0) is 55.5 Å². The lowest BCUT2D eigenvalue weighted by Crippen LogP contribution is -2.38. The number of para-hydroxylation sites is 1. The van der Waals surface area contributed by atoms with Gasteiger partial charge in [-0.2, -0.15) is 0 Å². The van der Waals surface area contributed by atoms with Gasteiger partial charge in [0, 0.05) is 29.3 Å². The van der Waals surface area contributed by atoms with Crippen LogP contribution in [0.1, 0.15) is 52.0 Å². The molecule has 1 aliphatic heterocycles. The van der Waals surface area contributed by atoms with Crippen LogP contribution in [0.5, 0.6) is 11.5 Å². The fraction of sp³-hybridized carbons (Fsp3) is 0.333. The number of benzene rings is 2. The summed E-state index contributed by atoms with van der Waals surface area (Å²) in [5.41, 5.74) is 3.48. The molecule has 0 unspecified atom stereocenters. The lowest BCUT2D eigenvalue weighted by atomic mass is 9.68. The second-order valence-electron chi connectivity index (χ2n) is 9.14. The standard InChI is InChI=1S/C27H29NO4/c1-5-31-26(30)23-17(2)28-21-15-27(3,4)16-22(29)25(21)24(23)18-10-9-13-20(14-18)32-19-11-7-6-8-12-19/h6-14,24,28H,5,15-16H2,1-4H3/t24-/m1/s1. The summed E-state index contributed by atoms with van der Waals surface area (Å²) in [5.74, 6) is 0.549. The summed E-state index contributed by atoms with van der Waals surface area (Å²) >= 11 is 0. The molecule has 32 heavy (non-hydrogen) atoms. The first-order valence-corrected chi connectivity index (χ1v) is 11.0. The van der Waals surface area contributed by atoms with Crippen molar-refractivity contribution in [3.8, 4) is 11.5 Å². The van der Waals surface area contributed by atoms with Gasteiger partial charge in [0.25, 0.3) is 0 Å². The zero-order valence-electron chi connectivity index (χ0n) is 19.0. The van der Waals surface area contributed by atoms with E-state index in [-0.39, 0.29) is 17.8 Å². The predicted molar refractivity (Wildman–Crippen MR) is 123 cm³/mol. The molecular formula is C27H29NO4. The molecule has 166 valence electrons. The summed E-state index contributed by atoms with van der Waals surface area (Å²) in [5, 5.41) is 3.35. The van der Waals surface area contributed by atoms with Crippen molar-refractivity contribution in [3.63, 3.8) is 0 Å². The molecule has 1 aliphatic carbocycles. The molecular weight excluding hydrogens is 402 g/mol. The molecule has 1 N–H and O–H groups in total. The van der Waals surface area contributed by atoms with Gasteiger partial charge in [0.2, 0.25) is 0 Å². The lowest BCUT2D eigenvalue weighted by molar-refractivity contribution is -0.138. The van der Waals surface area contributed by atoms with Crippen molar-refractivity contribution in [1.82, 2.24) is 5.32 Å². The molecule has 2 aromatic rings. The van der Waals surface area contributed by atoms with E-state index in [0.29, 0.717) is 23.3 Å². The molecule has 0 amide bonds. The smallest absolute Gasteiger partial charge is 0.336 e. The molecule has 0 radical (unpaired) electrons. The maximum Gasteiger partial charge on any atom is 0.336 e. The Labute approximate surface area is 189 Å². The lowest BCUT2D eigenvalue weighted by Gasteiger charge is -2.39. The van der Waals surface area contributed by atoms with Crippen molar-refractivity contribution in [2.45, 2.75) is 46.5 Å². The monoisotopic (exact) mass is 431 g/mol. The second kappa shape index (κ2) is 8.65. The number of hydrogen-bond donors (Lipinski definition) is 1. The summed E-state index contributed by atoms with van der Waals surface area (Å²) in [7, 11) is 0. The van der Waals surface area contributed by atoms with Crippen LogP contribution in [0.4, 0.5) is 0 Å². The van der Waals surface area contributed by atoms with Gasteiger partial charge < -0.3 is 14.8 Å². The molecule has 0 saturated carbocycles. The third-order valence-electron chi connectivity index (χ3n) is 5.91. The molecule has 0 spiro atoms. The van der Waals surface area contributed by atoms with Gasteiger partial charge in [0.1, 0.15) is 11.5 Å². The summed E-state index contributed by atoms with van der Waals surface area (Å²) in [6, 6.07) is 17.2. The summed E-state index contributed by atoms with van der Waals surface area (Å²) in [6.07, 6.45) is 1.19. The van der Waals surface area contributed by atoms with Gasteiger partial charge in [-0.1, -0.05) is 44.2 Å². The number of carbonyl (C=O) groups excluding carboxylic acids is 2. The van der Waals surface area contributed by atoms with Gasteiger partial charge >= 0.3 is 5.97 Å². The Hall–Kier alpha value is -3.34. The van der Waals surface area contributed by atoms with Crippen molar-refractivity contribution < 1.29 is 19.1 Å². The van der Waals surface area contributed by atoms with Gasteiger partial charge in [-0.3, -0.25) is 4.79 Å². The van der Waals surface area contributed by atoms with Gasteiger partial charge in [0.05, 0.1) is 12.2 Å². The van der Waals surface area contributed by atoms with E-state index in [4.69, 9.17) is 9.47 Å². The highest BCUT2D eigenvalue weighted by Crippen LogP contribution is 2.47. The zero-order chi connectivity index (χ0) is 22.9. The number of Topliss-reactive ketones (excluding diaryl/α,β-unsaturated/α-hetero) is 1. The molecule has 1 atom stereocenters. The Bertz CT molecular complexity index is 1110. The number of ether oxygens (including phenoxy) is 2. The average Bonchev–Trinajstić information content (AvgIpc) is 2.73. The third kappa shape index (κ3) is 4.33. The Morgan fingerprint density at radius 1 is 1.06 bits per heavy atom. The molecule has 2 aromatic carbocycles. The average molecular weight is 432 g/mol. The fourth-order valence-electron chi connectivity index (χ4n) is 4.63. The molecule has 0 aromatic heterocycles. The van der Waals surface area contributed by atoms with Crippen LogP contribution in [-0.2, 0) is 14.3 Å². The minimum absolute atomic E-state index is 0.0671. The van der Waals surface area contributed by atoms with E-state index >= 15 is 0 Å². The number of rotatable bonds is 5. The molecule has 5 nitrogen and oxygen atoms in total. The van der Waals surface area contributed by atoms with Crippen LogP contribution >= 0.6 is 0 Å². The fourth-order valence-corrected chi connectivity index (χ4v) is 4.63. The van der Waals surface area contributed by atoms with E-state index in [2.05, 4.69) is 19.2 Å². The highest BCUT2D eigenvalue weighted by atomic mass is 16.5. The van der Waals surface area contributed by atoms with Crippen molar-refractivity contribution in [2.75, 3.05) is 6.61 Å². The second-order valence-corrected chi connectivity index (χ2v) is 9.14. The third-order valence-corrected chi connectivity index (χ3v) is 5.91. The molecule has 0 bridgehead atoms. The number of dihydropyridines is 1. The Morgan fingerprint density at radius 3 is 2.50 bits per heavy atom. The summed E-state index contributed by atoms with van der Waals surface area (Å²) in [6.45, 7) is 8.12. The Balaban J connectivity index is 1.81. The Morgan fingerprint density at radius 2 is 1.78 bits per heavy atom. The van der Waals surface area contributed by atoms with E-state index in [9.17, 15) is 9.59 Å². The topological polar surface area (TPSA) is 64.6 Å². The first kappa shape index (κ1) is 21.9. The number of nitrogens with one attached hydrogen (secondary N) is 1. The van der Waals surface area contributed by atoms with Crippen molar-refractivity contribution >= 4 is 11.8 Å². The SMILES string of the molecule is CCOC(=O)C1=C(C)NC2=C(C(=O)CC(C)(C)C2)[C@@H]1c1cccc(Oc2ccccc2)c1. The number of carbonyl (C=O) groups is 2. The molecule has 0 fully saturated rings. The highest BCUT2D eigenvalue weighted by molar-refractivity contribution is 6.04. The highest BCUT2D eigenvalue weighted by Gasteiger charge is 2.43. The van der Waals surface area contributed by atoms with Crippen LogP contribution in [0.25, 0.3) is 0 Å². The molecule has 5 heteroatoms. The minimum atomic E-state index is -0.492. The molecule has 4 rings (SSSR count). The largest absolute Gasteiger partial charge is 0.463 e. The molecule has 2 aliphatic rings. The van der Waals surface area contributed by atoms with Crippen molar-refractivity contribution in [1.29, 1.82) is 0 Å². The summed E-state index contributed by atoms with van der Waals surface area (Å²) < 4.78 is 11.4. The predicted octanol–water partition coefficient (Wildman–Crippen LogP) is 5.65. The maximum absolute atomic E-state index is 13.3. The van der Waals surface area contributed by atoms with E-state index in [1.807, 2.05) is 61.5 Å². The van der Waals surface area contributed by atoms with Crippen molar-refractivity contribution in [3.05, 3.63) is 82.7 Å². The molecule has 0 saturated heterocycles. The van der Waals surface area contributed by atoms with Crippen LogP contribution in [0.3, 0.4) is 0 Å². The molecule has 1 heterocycles. The Kier molecular flexibility index (Phi) is 5.92. The van der Waals surface area contributed by atoms with E-state index in [1.54, 1.807) is 6.92 Å². The van der Waals surface area contributed by atoms with Crippen LogP contribution in [0.15, 0.2) is 77.1 Å². The van der Waals surface area contributed by atoms with Crippen molar-refractivity contribution in [2.24, 2.45) is 5.41 Å². The van der Waals surface area contributed by atoms with E-state index < -0.39 is 11.9 Å². The normalized spacial score (nSPS) is 19.9. The van der Waals surface area contributed by atoms with Crippen LogP contribution in [-0.4, -0.2) is 18.4 Å². The van der Waals surface area contributed by atoms with Crippen LogP contribution in [0.2, 0.25) is 0 Å². The van der Waals surface area contributed by atoms with Gasteiger partial charge in [0.15, 0.2) is 5.78 Å². The van der Waals surface area contributed by atoms with Crippen LogP contribution in [0, 0.1) is 5.41 Å². The minimum Gasteiger partial charge on any atom is -0.463 e.